The van der Waals surface area contributed by atoms with Crippen LogP contribution in [0.1, 0.15) is 26.7 Å². The Labute approximate surface area is 109 Å². The number of morpholine rings is 1. The number of sulfone groups is 1. The molecule has 1 rings (SSSR count). The Morgan fingerprint density at radius 1 is 1.39 bits per heavy atom. The molecule has 1 saturated heterocycles. The van der Waals surface area contributed by atoms with Gasteiger partial charge in [0.25, 0.3) is 0 Å². The van der Waals surface area contributed by atoms with Crippen molar-refractivity contribution >= 4 is 15.6 Å². The quantitative estimate of drug-likeness (QED) is 0.678. The molecule has 0 aliphatic carbocycles. The lowest BCUT2D eigenvalue weighted by atomic mass is 10.1. The van der Waals surface area contributed by atoms with Crippen LogP contribution < -0.4 is 0 Å². The van der Waals surface area contributed by atoms with Gasteiger partial charge in [-0.05, 0) is 13.0 Å². The van der Waals surface area contributed by atoms with Crippen LogP contribution in [0.15, 0.2) is 0 Å². The topological polar surface area (TPSA) is 63.7 Å². The maximum Gasteiger partial charge on any atom is 0.162 e. The van der Waals surface area contributed by atoms with Gasteiger partial charge in [0, 0.05) is 25.3 Å². The van der Waals surface area contributed by atoms with Gasteiger partial charge in [-0.25, -0.2) is 8.42 Å². The van der Waals surface area contributed by atoms with Crippen LogP contribution in [0.25, 0.3) is 0 Å². The second-order valence-electron chi connectivity index (χ2n) is 4.56. The third kappa shape index (κ3) is 5.04. The van der Waals surface area contributed by atoms with Gasteiger partial charge >= 0.3 is 0 Å². The number of rotatable bonds is 7. The summed E-state index contributed by atoms with van der Waals surface area (Å²) in [6.45, 7) is 6.68. The summed E-state index contributed by atoms with van der Waals surface area (Å²) in [6, 6.07) is 0. The van der Waals surface area contributed by atoms with Crippen molar-refractivity contribution in [1.29, 1.82) is 0 Å². The van der Waals surface area contributed by atoms with E-state index in [9.17, 15) is 13.2 Å². The molecule has 0 N–H and O–H groups in total. The van der Waals surface area contributed by atoms with Crippen molar-refractivity contribution in [2.24, 2.45) is 0 Å². The molecule has 0 spiro atoms. The van der Waals surface area contributed by atoms with Gasteiger partial charge in [-0.1, -0.05) is 13.8 Å². The summed E-state index contributed by atoms with van der Waals surface area (Å²) in [7, 11) is -2.96. The maximum absolute atomic E-state index is 11.9. The summed E-state index contributed by atoms with van der Waals surface area (Å²) in [5.41, 5.74) is 0. The van der Waals surface area contributed by atoms with Gasteiger partial charge in [0.15, 0.2) is 5.78 Å². The average Bonchev–Trinajstić information content (AvgIpc) is 2.38. The van der Waals surface area contributed by atoms with Crippen molar-refractivity contribution in [1.82, 2.24) is 4.90 Å². The zero-order valence-electron chi connectivity index (χ0n) is 11.2. The van der Waals surface area contributed by atoms with Crippen LogP contribution in [0.3, 0.4) is 0 Å². The van der Waals surface area contributed by atoms with E-state index in [1.54, 1.807) is 6.92 Å². The molecule has 1 atom stereocenters. The SMILES string of the molecule is CCN1CCOC(C(=O)CCCS(=O)(=O)CC)C1. The number of hydrogen-bond acceptors (Lipinski definition) is 5. The van der Waals surface area contributed by atoms with Crippen LogP contribution in [0.4, 0.5) is 0 Å². The van der Waals surface area contributed by atoms with Gasteiger partial charge < -0.3 is 4.74 Å². The van der Waals surface area contributed by atoms with E-state index >= 15 is 0 Å². The summed E-state index contributed by atoms with van der Waals surface area (Å²) in [6.07, 6.45) is 0.325. The van der Waals surface area contributed by atoms with E-state index in [1.807, 2.05) is 0 Å². The number of carbonyl (C=O) groups excluding carboxylic acids is 1. The van der Waals surface area contributed by atoms with E-state index in [0.717, 1.165) is 13.1 Å². The molecular weight excluding hydrogens is 254 g/mol. The molecule has 1 aliphatic heterocycles. The number of likely N-dealkylation sites (N-methyl/N-ethyl adjacent to an activating group) is 1. The first-order valence-electron chi connectivity index (χ1n) is 6.55. The molecule has 18 heavy (non-hydrogen) atoms. The highest BCUT2D eigenvalue weighted by molar-refractivity contribution is 7.91. The van der Waals surface area contributed by atoms with E-state index in [-0.39, 0.29) is 23.4 Å². The maximum atomic E-state index is 11.9. The molecule has 0 amide bonds. The fraction of sp³-hybridized carbons (Fsp3) is 0.917. The van der Waals surface area contributed by atoms with E-state index < -0.39 is 9.84 Å². The van der Waals surface area contributed by atoms with E-state index in [0.29, 0.717) is 26.0 Å². The third-order valence-electron chi connectivity index (χ3n) is 3.28. The molecule has 0 bridgehead atoms. The highest BCUT2D eigenvalue weighted by Crippen LogP contribution is 2.09. The number of carbonyl (C=O) groups is 1. The summed E-state index contributed by atoms with van der Waals surface area (Å²) < 4.78 is 28.0. The number of Topliss-reactive ketones (excluding diaryl/α,β-unsaturated/α-hetero) is 1. The molecule has 0 aromatic carbocycles. The average molecular weight is 277 g/mol. The van der Waals surface area contributed by atoms with Crippen LogP contribution >= 0.6 is 0 Å². The van der Waals surface area contributed by atoms with E-state index in [2.05, 4.69) is 11.8 Å². The largest absolute Gasteiger partial charge is 0.368 e. The number of ketones is 1. The van der Waals surface area contributed by atoms with Crippen LogP contribution in [-0.4, -0.2) is 63.0 Å². The van der Waals surface area contributed by atoms with Crippen LogP contribution in [0.2, 0.25) is 0 Å². The van der Waals surface area contributed by atoms with Crippen molar-refractivity contribution in [2.75, 3.05) is 37.7 Å². The molecule has 1 fully saturated rings. The molecule has 5 nitrogen and oxygen atoms in total. The molecule has 1 heterocycles. The Kier molecular flexibility index (Phi) is 6.25. The van der Waals surface area contributed by atoms with E-state index in [1.165, 1.54) is 0 Å². The minimum Gasteiger partial charge on any atom is -0.368 e. The standard InChI is InChI=1S/C12H23NO4S/c1-3-13-7-8-17-12(10-13)11(14)6-5-9-18(15,16)4-2/h12H,3-10H2,1-2H3. The highest BCUT2D eigenvalue weighted by atomic mass is 32.2. The molecule has 1 aliphatic rings. The molecule has 6 heteroatoms. The second kappa shape index (κ2) is 7.21. The number of nitrogens with zero attached hydrogens (tertiary/aromatic N) is 1. The van der Waals surface area contributed by atoms with Crippen LogP contribution in [-0.2, 0) is 19.4 Å². The zero-order chi connectivity index (χ0) is 13.6. The Morgan fingerprint density at radius 3 is 2.72 bits per heavy atom. The first kappa shape index (κ1) is 15.6. The molecule has 0 saturated carbocycles. The lowest BCUT2D eigenvalue weighted by Crippen LogP contribution is -2.45. The second-order valence-corrected chi connectivity index (χ2v) is 7.03. The van der Waals surface area contributed by atoms with Gasteiger partial charge in [-0.2, -0.15) is 0 Å². The minimum atomic E-state index is -2.96. The normalized spacial score (nSPS) is 22.0. The first-order valence-corrected chi connectivity index (χ1v) is 8.37. The molecule has 0 aromatic rings. The summed E-state index contributed by atoms with van der Waals surface area (Å²) in [5.74, 6) is 0.268. The summed E-state index contributed by atoms with van der Waals surface area (Å²) in [4.78, 5) is 14.1. The molecule has 1 unspecified atom stereocenters. The van der Waals surface area contributed by atoms with Crippen molar-refractivity contribution in [3.05, 3.63) is 0 Å². The van der Waals surface area contributed by atoms with Gasteiger partial charge in [-0.3, -0.25) is 9.69 Å². The van der Waals surface area contributed by atoms with Crippen molar-refractivity contribution < 1.29 is 17.9 Å². The Hall–Kier alpha value is -0.460. The fourth-order valence-corrected chi connectivity index (χ4v) is 2.83. The monoisotopic (exact) mass is 277 g/mol. The Morgan fingerprint density at radius 2 is 2.11 bits per heavy atom. The van der Waals surface area contributed by atoms with Crippen molar-refractivity contribution in [2.45, 2.75) is 32.8 Å². The predicted octanol–water partition coefficient (Wildman–Crippen LogP) is 0.491. The smallest absolute Gasteiger partial charge is 0.162 e. The van der Waals surface area contributed by atoms with Gasteiger partial charge in [0.2, 0.25) is 0 Å². The number of ether oxygens (including phenoxy) is 1. The van der Waals surface area contributed by atoms with Gasteiger partial charge in [-0.15, -0.1) is 0 Å². The zero-order valence-corrected chi connectivity index (χ0v) is 12.0. The fourth-order valence-electron chi connectivity index (χ4n) is 1.96. The van der Waals surface area contributed by atoms with Gasteiger partial charge in [0.05, 0.1) is 12.4 Å². The molecular formula is C12H23NO4S. The van der Waals surface area contributed by atoms with Crippen LogP contribution in [0, 0.1) is 0 Å². The lowest BCUT2D eigenvalue weighted by molar-refractivity contribution is -0.136. The Bertz CT molecular complexity index is 366. The Balaban J connectivity index is 2.32. The summed E-state index contributed by atoms with van der Waals surface area (Å²) in [5, 5.41) is 0. The lowest BCUT2D eigenvalue weighted by Gasteiger charge is -2.31. The first-order chi connectivity index (χ1) is 8.48. The predicted molar refractivity (Wildman–Crippen MR) is 70.4 cm³/mol. The minimum absolute atomic E-state index is 0.0273. The molecule has 0 radical (unpaired) electrons. The summed E-state index contributed by atoms with van der Waals surface area (Å²) >= 11 is 0. The van der Waals surface area contributed by atoms with Crippen LogP contribution in [0.5, 0.6) is 0 Å². The number of hydrogen-bond donors (Lipinski definition) is 0. The molecule has 0 aromatic heterocycles. The molecule has 106 valence electrons. The van der Waals surface area contributed by atoms with Crippen molar-refractivity contribution in [3.63, 3.8) is 0 Å². The highest BCUT2D eigenvalue weighted by Gasteiger charge is 2.25. The van der Waals surface area contributed by atoms with Gasteiger partial charge in [0.1, 0.15) is 15.9 Å². The third-order valence-corrected chi connectivity index (χ3v) is 5.07. The van der Waals surface area contributed by atoms with Crippen molar-refractivity contribution in [3.8, 4) is 0 Å². The van der Waals surface area contributed by atoms with E-state index in [4.69, 9.17) is 4.74 Å².